The zero-order valence-corrected chi connectivity index (χ0v) is 11.3. The van der Waals surface area contributed by atoms with Gasteiger partial charge in [0.25, 0.3) is 0 Å². The second-order valence-corrected chi connectivity index (χ2v) is 5.37. The number of carbonyl (C=O) groups excluding carboxylic acids is 1. The van der Waals surface area contributed by atoms with E-state index in [1.54, 1.807) is 0 Å². The van der Waals surface area contributed by atoms with E-state index < -0.39 is 0 Å². The van der Waals surface area contributed by atoms with E-state index in [-0.39, 0.29) is 11.4 Å². The molecule has 1 amide bonds. The number of amides is 1. The zero-order chi connectivity index (χ0) is 12.7. The van der Waals surface area contributed by atoms with Gasteiger partial charge < -0.3 is 16.0 Å². The average molecular weight is 241 g/mol. The van der Waals surface area contributed by atoms with Crippen LogP contribution in [0.4, 0.5) is 0 Å². The lowest BCUT2D eigenvalue weighted by molar-refractivity contribution is -0.131. The summed E-state index contributed by atoms with van der Waals surface area (Å²) in [6, 6.07) is 0. The summed E-state index contributed by atoms with van der Waals surface area (Å²) in [5.41, 5.74) is 6.06. The second-order valence-electron chi connectivity index (χ2n) is 5.37. The first-order valence-electron chi connectivity index (χ1n) is 6.75. The fourth-order valence-electron chi connectivity index (χ4n) is 2.49. The summed E-state index contributed by atoms with van der Waals surface area (Å²) in [5.74, 6) is 0.200. The third-order valence-corrected chi connectivity index (χ3v) is 3.70. The van der Waals surface area contributed by atoms with Crippen molar-refractivity contribution in [2.24, 2.45) is 5.73 Å². The Morgan fingerprint density at radius 3 is 2.59 bits per heavy atom. The van der Waals surface area contributed by atoms with Crippen molar-refractivity contribution in [3.05, 3.63) is 0 Å². The van der Waals surface area contributed by atoms with Crippen molar-refractivity contribution in [3.63, 3.8) is 0 Å². The highest BCUT2D eigenvalue weighted by molar-refractivity contribution is 5.77. The van der Waals surface area contributed by atoms with E-state index in [1.165, 1.54) is 19.3 Å². The summed E-state index contributed by atoms with van der Waals surface area (Å²) in [4.78, 5) is 13.9. The SMILES string of the molecule is CNCCCN(C)C(=O)CC1(N)CCCCC1. The Balaban J connectivity index is 2.31. The quantitative estimate of drug-likeness (QED) is 0.685. The van der Waals surface area contributed by atoms with Crippen LogP contribution in [0.3, 0.4) is 0 Å². The largest absolute Gasteiger partial charge is 0.346 e. The van der Waals surface area contributed by atoms with Crippen molar-refractivity contribution in [3.8, 4) is 0 Å². The summed E-state index contributed by atoms with van der Waals surface area (Å²) in [7, 11) is 3.81. The van der Waals surface area contributed by atoms with E-state index in [2.05, 4.69) is 5.32 Å². The molecule has 0 bridgehead atoms. The van der Waals surface area contributed by atoms with Gasteiger partial charge in [0.05, 0.1) is 0 Å². The summed E-state index contributed by atoms with van der Waals surface area (Å²) in [6.07, 6.45) is 7.14. The molecule has 0 spiro atoms. The lowest BCUT2D eigenvalue weighted by Gasteiger charge is -2.34. The fraction of sp³-hybridized carbons (Fsp3) is 0.923. The summed E-state index contributed by atoms with van der Waals surface area (Å²) in [5, 5.41) is 3.09. The minimum absolute atomic E-state index is 0.200. The van der Waals surface area contributed by atoms with Crippen LogP contribution in [0.2, 0.25) is 0 Å². The van der Waals surface area contributed by atoms with Crippen LogP contribution in [-0.4, -0.2) is 43.5 Å². The number of nitrogens with one attached hydrogen (secondary N) is 1. The molecule has 1 rings (SSSR count). The van der Waals surface area contributed by atoms with Gasteiger partial charge in [0.1, 0.15) is 0 Å². The van der Waals surface area contributed by atoms with Crippen molar-refractivity contribution < 1.29 is 4.79 Å². The van der Waals surface area contributed by atoms with Crippen LogP contribution < -0.4 is 11.1 Å². The minimum Gasteiger partial charge on any atom is -0.346 e. The first-order valence-corrected chi connectivity index (χ1v) is 6.75. The smallest absolute Gasteiger partial charge is 0.224 e. The maximum atomic E-state index is 12.0. The van der Waals surface area contributed by atoms with Crippen LogP contribution in [0.1, 0.15) is 44.9 Å². The van der Waals surface area contributed by atoms with Gasteiger partial charge in [-0.15, -0.1) is 0 Å². The van der Waals surface area contributed by atoms with E-state index in [9.17, 15) is 4.79 Å². The van der Waals surface area contributed by atoms with Gasteiger partial charge in [0, 0.05) is 25.6 Å². The lowest BCUT2D eigenvalue weighted by Crippen LogP contribution is -2.46. The van der Waals surface area contributed by atoms with Gasteiger partial charge in [0.15, 0.2) is 0 Å². The highest BCUT2D eigenvalue weighted by Crippen LogP contribution is 2.29. The number of nitrogens with two attached hydrogens (primary N) is 1. The maximum absolute atomic E-state index is 12.0. The van der Waals surface area contributed by atoms with Crippen LogP contribution >= 0.6 is 0 Å². The third-order valence-electron chi connectivity index (χ3n) is 3.70. The summed E-state index contributed by atoms with van der Waals surface area (Å²) >= 11 is 0. The Morgan fingerprint density at radius 1 is 1.35 bits per heavy atom. The van der Waals surface area contributed by atoms with E-state index in [4.69, 9.17) is 5.73 Å². The monoisotopic (exact) mass is 241 g/mol. The molecule has 100 valence electrons. The molecule has 0 aromatic heterocycles. The lowest BCUT2D eigenvalue weighted by atomic mass is 9.80. The minimum atomic E-state index is -0.230. The van der Waals surface area contributed by atoms with Crippen molar-refractivity contribution in [2.45, 2.75) is 50.5 Å². The molecule has 0 atom stereocenters. The third kappa shape index (κ3) is 5.04. The highest BCUT2D eigenvalue weighted by atomic mass is 16.2. The normalized spacial score (nSPS) is 19.0. The molecule has 3 N–H and O–H groups in total. The summed E-state index contributed by atoms with van der Waals surface area (Å²) in [6.45, 7) is 1.77. The molecule has 0 heterocycles. The van der Waals surface area contributed by atoms with Crippen molar-refractivity contribution in [1.29, 1.82) is 0 Å². The van der Waals surface area contributed by atoms with Gasteiger partial charge >= 0.3 is 0 Å². The highest BCUT2D eigenvalue weighted by Gasteiger charge is 2.30. The van der Waals surface area contributed by atoms with E-state index in [0.29, 0.717) is 6.42 Å². The molecule has 0 aromatic carbocycles. The molecule has 4 heteroatoms. The Bertz CT molecular complexity index is 237. The predicted octanol–water partition coefficient (Wildman–Crippen LogP) is 1.11. The molecule has 0 aromatic rings. The Labute approximate surface area is 105 Å². The van der Waals surface area contributed by atoms with Gasteiger partial charge in [-0.25, -0.2) is 0 Å². The number of rotatable bonds is 6. The van der Waals surface area contributed by atoms with Crippen LogP contribution in [0, 0.1) is 0 Å². The Hall–Kier alpha value is -0.610. The van der Waals surface area contributed by atoms with Crippen molar-refractivity contribution in [2.75, 3.05) is 27.2 Å². The van der Waals surface area contributed by atoms with Crippen LogP contribution in [0.15, 0.2) is 0 Å². The molecule has 1 fully saturated rings. The number of hydrogen-bond donors (Lipinski definition) is 2. The first-order chi connectivity index (χ1) is 8.07. The molecular formula is C13H27N3O. The molecular weight excluding hydrogens is 214 g/mol. The van der Waals surface area contributed by atoms with Crippen molar-refractivity contribution >= 4 is 5.91 Å². The molecule has 1 aliphatic rings. The van der Waals surface area contributed by atoms with E-state index >= 15 is 0 Å². The van der Waals surface area contributed by atoms with Crippen LogP contribution in [-0.2, 0) is 4.79 Å². The standard InChI is InChI=1S/C13H27N3O/c1-15-9-6-10-16(2)12(17)11-13(14)7-4-3-5-8-13/h15H,3-11,14H2,1-2H3. The second kappa shape index (κ2) is 6.97. The molecule has 0 saturated heterocycles. The predicted molar refractivity (Wildman–Crippen MR) is 70.8 cm³/mol. The Kier molecular flexibility index (Phi) is 5.92. The molecule has 0 radical (unpaired) electrons. The number of hydrogen-bond acceptors (Lipinski definition) is 3. The summed E-state index contributed by atoms with van der Waals surface area (Å²) < 4.78 is 0. The average Bonchev–Trinajstić information content (AvgIpc) is 2.29. The van der Waals surface area contributed by atoms with Crippen LogP contribution in [0.5, 0.6) is 0 Å². The van der Waals surface area contributed by atoms with E-state index in [0.717, 1.165) is 32.4 Å². The molecule has 0 aliphatic heterocycles. The van der Waals surface area contributed by atoms with E-state index in [1.807, 2.05) is 19.0 Å². The van der Waals surface area contributed by atoms with Gasteiger partial charge in [0.2, 0.25) is 5.91 Å². The number of nitrogens with zero attached hydrogens (tertiary/aromatic N) is 1. The zero-order valence-electron chi connectivity index (χ0n) is 11.3. The maximum Gasteiger partial charge on any atom is 0.224 e. The van der Waals surface area contributed by atoms with Gasteiger partial charge in [-0.3, -0.25) is 4.79 Å². The topological polar surface area (TPSA) is 58.4 Å². The van der Waals surface area contributed by atoms with Crippen LogP contribution in [0.25, 0.3) is 0 Å². The van der Waals surface area contributed by atoms with Gasteiger partial charge in [-0.1, -0.05) is 19.3 Å². The van der Waals surface area contributed by atoms with Gasteiger partial charge in [-0.05, 0) is 32.9 Å². The first kappa shape index (κ1) is 14.5. The molecule has 0 unspecified atom stereocenters. The molecule has 1 saturated carbocycles. The number of carbonyl (C=O) groups is 1. The molecule has 1 aliphatic carbocycles. The van der Waals surface area contributed by atoms with Gasteiger partial charge in [-0.2, -0.15) is 0 Å². The molecule has 17 heavy (non-hydrogen) atoms. The molecule has 4 nitrogen and oxygen atoms in total. The Morgan fingerprint density at radius 2 is 2.00 bits per heavy atom. The van der Waals surface area contributed by atoms with Crippen molar-refractivity contribution in [1.82, 2.24) is 10.2 Å². The fourth-order valence-corrected chi connectivity index (χ4v) is 2.49.